The maximum atomic E-state index is 11.2. The van der Waals surface area contributed by atoms with Crippen LogP contribution in [0.1, 0.15) is 39.5 Å². The van der Waals surface area contributed by atoms with Gasteiger partial charge in [0.1, 0.15) is 24.8 Å². The second-order valence-electron chi connectivity index (χ2n) is 3.97. The summed E-state index contributed by atoms with van der Waals surface area (Å²) in [5.41, 5.74) is 0. The Morgan fingerprint density at radius 3 is 1.35 bits per heavy atom. The van der Waals surface area contributed by atoms with Gasteiger partial charge >= 0.3 is 0 Å². The monoisotopic (exact) mass is 242 g/mol. The molecule has 0 radical (unpaired) electrons. The van der Waals surface area contributed by atoms with Crippen molar-refractivity contribution >= 4 is 23.1 Å². The molecule has 17 heavy (non-hydrogen) atoms. The normalized spacial score (nSPS) is 10.0. The Balaban J connectivity index is 3.55. The van der Waals surface area contributed by atoms with Crippen LogP contribution in [-0.2, 0) is 23.9 Å². The van der Waals surface area contributed by atoms with Crippen molar-refractivity contribution in [3.8, 4) is 0 Å². The average molecular weight is 242 g/mol. The van der Waals surface area contributed by atoms with E-state index in [-0.39, 0.29) is 62.0 Å². The Labute approximate surface area is 101 Å². The summed E-state index contributed by atoms with van der Waals surface area (Å²) in [5.74, 6) is -0.481. The molecule has 5 heteroatoms. The van der Waals surface area contributed by atoms with E-state index >= 15 is 0 Å². The van der Waals surface area contributed by atoms with E-state index in [0.29, 0.717) is 0 Å². The minimum Gasteiger partial charge on any atom is -0.366 e. The lowest BCUT2D eigenvalue weighted by Gasteiger charge is -2.02. The van der Waals surface area contributed by atoms with Gasteiger partial charge in [0.15, 0.2) is 11.6 Å². The molecule has 0 spiro atoms. The predicted octanol–water partition coefficient (Wildman–Crippen LogP) is 0.880. The Kier molecular flexibility index (Phi) is 8.05. The van der Waals surface area contributed by atoms with Gasteiger partial charge in [-0.1, -0.05) is 0 Å². The molecule has 0 aliphatic carbocycles. The molecule has 0 aliphatic rings. The lowest BCUT2D eigenvalue weighted by Crippen LogP contribution is -2.15. The molecule has 0 unspecified atom stereocenters. The molecule has 5 nitrogen and oxygen atoms in total. The fourth-order valence-corrected chi connectivity index (χ4v) is 1.05. The molecular weight excluding hydrogens is 224 g/mol. The third kappa shape index (κ3) is 10.9. The summed E-state index contributed by atoms with van der Waals surface area (Å²) < 4.78 is 4.90. The molecule has 0 saturated heterocycles. The molecule has 0 amide bonds. The number of rotatable bonds is 10. The Bertz CT molecular complexity index is 276. The van der Waals surface area contributed by atoms with E-state index in [0.717, 1.165) is 0 Å². The summed E-state index contributed by atoms with van der Waals surface area (Å²) in [7, 11) is 0. The topological polar surface area (TPSA) is 77.5 Å². The second kappa shape index (κ2) is 8.75. The zero-order chi connectivity index (χ0) is 13.3. The largest absolute Gasteiger partial charge is 0.366 e. The Morgan fingerprint density at radius 1 is 0.706 bits per heavy atom. The summed E-state index contributed by atoms with van der Waals surface area (Å²) in [4.78, 5) is 43.5. The van der Waals surface area contributed by atoms with Crippen molar-refractivity contribution in [2.24, 2.45) is 0 Å². The zero-order valence-electron chi connectivity index (χ0n) is 10.3. The predicted molar refractivity (Wildman–Crippen MR) is 60.7 cm³/mol. The SMILES string of the molecule is CC(=O)CCC(=O)COCC(=O)CCC(C)=O. The van der Waals surface area contributed by atoms with E-state index in [9.17, 15) is 19.2 Å². The lowest BCUT2D eigenvalue weighted by molar-refractivity contribution is -0.131. The summed E-state index contributed by atoms with van der Waals surface area (Å²) in [6, 6.07) is 0. The number of hydrogen-bond acceptors (Lipinski definition) is 5. The molecule has 0 aromatic carbocycles. The van der Waals surface area contributed by atoms with E-state index in [1.807, 2.05) is 0 Å². The third-order valence-electron chi connectivity index (χ3n) is 2.04. The van der Waals surface area contributed by atoms with Gasteiger partial charge in [0.05, 0.1) is 0 Å². The standard InChI is InChI=1S/C12H18O5/c1-9(13)3-5-11(15)7-17-8-12(16)6-4-10(2)14/h3-8H2,1-2H3. The molecule has 0 rings (SSSR count). The van der Waals surface area contributed by atoms with Gasteiger partial charge in [0, 0.05) is 25.7 Å². The number of carbonyl (C=O) groups is 4. The summed E-state index contributed by atoms with van der Waals surface area (Å²) in [6.07, 6.45) is 0.717. The van der Waals surface area contributed by atoms with E-state index < -0.39 is 0 Å². The van der Waals surface area contributed by atoms with E-state index in [2.05, 4.69) is 0 Å². The van der Waals surface area contributed by atoms with Gasteiger partial charge in [-0.3, -0.25) is 9.59 Å². The van der Waals surface area contributed by atoms with Crippen LogP contribution in [0.4, 0.5) is 0 Å². The van der Waals surface area contributed by atoms with Gasteiger partial charge in [0.2, 0.25) is 0 Å². The van der Waals surface area contributed by atoms with Gasteiger partial charge in [-0.25, -0.2) is 0 Å². The van der Waals surface area contributed by atoms with E-state index in [1.165, 1.54) is 13.8 Å². The van der Waals surface area contributed by atoms with Crippen molar-refractivity contribution in [3.63, 3.8) is 0 Å². The first-order valence-electron chi connectivity index (χ1n) is 5.52. The van der Waals surface area contributed by atoms with Gasteiger partial charge in [-0.15, -0.1) is 0 Å². The highest BCUT2D eigenvalue weighted by atomic mass is 16.5. The van der Waals surface area contributed by atoms with Gasteiger partial charge in [-0.05, 0) is 13.8 Å². The van der Waals surface area contributed by atoms with Crippen molar-refractivity contribution in [2.45, 2.75) is 39.5 Å². The number of ether oxygens (including phenoxy) is 1. The van der Waals surface area contributed by atoms with E-state index in [4.69, 9.17) is 4.74 Å². The first kappa shape index (κ1) is 15.6. The first-order chi connectivity index (χ1) is 7.91. The molecule has 0 saturated carbocycles. The van der Waals surface area contributed by atoms with Crippen LogP contribution in [0.3, 0.4) is 0 Å². The van der Waals surface area contributed by atoms with Crippen LogP contribution in [0.5, 0.6) is 0 Å². The first-order valence-corrected chi connectivity index (χ1v) is 5.52. The fourth-order valence-electron chi connectivity index (χ4n) is 1.05. The van der Waals surface area contributed by atoms with Gasteiger partial charge < -0.3 is 14.3 Å². The molecule has 0 fully saturated rings. The van der Waals surface area contributed by atoms with Crippen molar-refractivity contribution in [2.75, 3.05) is 13.2 Å². The lowest BCUT2D eigenvalue weighted by atomic mass is 10.2. The van der Waals surface area contributed by atoms with E-state index in [1.54, 1.807) is 0 Å². The molecule has 0 aliphatic heterocycles. The maximum Gasteiger partial charge on any atom is 0.158 e. The third-order valence-corrected chi connectivity index (χ3v) is 2.04. The molecular formula is C12H18O5. The number of carbonyl (C=O) groups excluding carboxylic acids is 4. The molecule has 0 aromatic rings. The van der Waals surface area contributed by atoms with Crippen LogP contribution < -0.4 is 0 Å². The van der Waals surface area contributed by atoms with Crippen molar-refractivity contribution in [3.05, 3.63) is 0 Å². The molecule has 0 heterocycles. The van der Waals surface area contributed by atoms with Crippen molar-refractivity contribution < 1.29 is 23.9 Å². The molecule has 96 valence electrons. The maximum absolute atomic E-state index is 11.2. The van der Waals surface area contributed by atoms with Crippen LogP contribution >= 0.6 is 0 Å². The Hall–Kier alpha value is -1.36. The molecule has 0 bridgehead atoms. The van der Waals surface area contributed by atoms with Crippen LogP contribution in [0.25, 0.3) is 0 Å². The fraction of sp³-hybridized carbons (Fsp3) is 0.667. The summed E-state index contributed by atoms with van der Waals surface area (Å²) in [5, 5.41) is 0. The van der Waals surface area contributed by atoms with Crippen LogP contribution in [0.2, 0.25) is 0 Å². The highest BCUT2D eigenvalue weighted by Gasteiger charge is 2.07. The summed E-state index contributed by atoms with van der Waals surface area (Å²) >= 11 is 0. The highest BCUT2D eigenvalue weighted by molar-refractivity contribution is 5.87. The van der Waals surface area contributed by atoms with Gasteiger partial charge in [0.25, 0.3) is 0 Å². The highest BCUT2D eigenvalue weighted by Crippen LogP contribution is 1.96. The average Bonchev–Trinajstić information content (AvgIpc) is 2.23. The van der Waals surface area contributed by atoms with Crippen LogP contribution in [0, 0.1) is 0 Å². The minimum absolute atomic E-state index is 0.0455. The van der Waals surface area contributed by atoms with Gasteiger partial charge in [-0.2, -0.15) is 0 Å². The Morgan fingerprint density at radius 2 is 1.06 bits per heavy atom. The number of ketones is 4. The smallest absolute Gasteiger partial charge is 0.158 e. The van der Waals surface area contributed by atoms with Crippen molar-refractivity contribution in [1.82, 2.24) is 0 Å². The molecule has 0 aromatic heterocycles. The van der Waals surface area contributed by atoms with Crippen LogP contribution in [-0.4, -0.2) is 36.3 Å². The quantitative estimate of drug-likeness (QED) is 0.568. The summed E-state index contributed by atoms with van der Waals surface area (Å²) in [6.45, 7) is 2.52. The zero-order valence-corrected chi connectivity index (χ0v) is 10.3. The molecule has 0 N–H and O–H groups in total. The van der Waals surface area contributed by atoms with Crippen molar-refractivity contribution in [1.29, 1.82) is 0 Å². The minimum atomic E-state index is -0.195. The molecule has 0 atom stereocenters. The second-order valence-corrected chi connectivity index (χ2v) is 3.97. The number of hydrogen-bond donors (Lipinski definition) is 0. The van der Waals surface area contributed by atoms with Crippen LogP contribution in [0.15, 0.2) is 0 Å². The number of Topliss-reactive ketones (excluding diaryl/α,β-unsaturated/α-hetero) is 4.